The Labute approximate surface area is 203 Å². The van der Waals surface area contributed by atoms with Crippen LogP contribution in [0.25, 0.3) is 11.2 Å². The van der Waals surface area contributed by atoms with E-state index in [1.54, 1.807) is 25.1 Å². The maximum Gasteiger partial charge on any atom is 0.330 e. The third-order valence-electron chi connectivity index (χ3n) is 10.4. The summed E-state index contributed by atoms with van der Waals surface area (Å²) in [7, 11) is 3.49. The van der Waals surface area contributed by atoms with Gasteiger partial charge in [-0.25, -0.2) is 19.8 Å². The molecule has 34 heavy (non-hydrogen) atoms. The Hall–Kier alpha value is -2.15. The summed E-state index contributed by atoms with van der Waals surface area (Å²) in [6.45, 7) is 14.9. The molecule has 2 aromatic heterocycles. The quantitative estimate of drug-likeness (QED) is 0.576. The fourth-order valence-electron chi connectivity index (χ4n) is 7.74. The number of nitrogens with zero attached hydrogens (tertiary/aromatic N) is 5. The van der Waals surface area contributed by atoms with Crippen LogP contribution in [0.3, 0.4) is 0 Å². The maximum atomic E-state index is 13.0. The topological polar surface area (TPSA) is 65.2 Å². The van der Waals surface area contributed by atoms with Crippen molar-refractivity contribution in [3.8, 4) is 0 Å². The zero-order valence-corrected chi connectivity index (χ0v) is 21.9. The standard InChI is InChI=1S/C27H41N5O2/c1-18-9-8-10-20-26(18,4)12-11-19(2)27(20,5)14-13-25(3)15-16-31-21-22(30(6)24(31)33)28-17-29-23(21)32(25)34-7/h17,19-20H,1,8-16H2,2-7H3/t19-,20+,25+,26-,27+/m1/s1. The largest absolute Gasteiger partial charge is 0.330 e. The van der Waals surface area contributed by atoms with E-state index in [0.29, 0.717) is 29.8 Å². The van der Waals surface area contributed by atoms with Crippen molar-refractivity contribution in [3.05, 3.63) is 29.0 Å². The highest BCUT2D eigenvalue weighted by Gasteiger charge is 2.54. The molecule has 0 aromatic carbocycles. The molecule has 0 saturated heterocycles. The Bertz CT molecular complexity index is 1180. The molecule has 3 heterocycles. The normalized spacial score (nSPS) is 35.9. The molecule has 7 heteroatoms. The predicted molar refractivity (Wildman–Crippen MR) is 136 cm³/mol. The zero-order valence-electron chi connectivity index (χ0n) is 21.9. The summed E-state index contributed by atoms with van der Waals surface area (Å²) in [6, 6.07) is 0. The fraction of sp³-hybridized carbons (Fsp3) is 0.741. The van der Waals surface area contributed by atoms with Crippen LogP contribution in [0.2, 0.25) is 0 Å². The third kappa shape index (κ3) is 3.15. The van der Waals surface area contributed by atoms with E-state index < -0.39 is 0 Å². The van der Waals surface area contributed by atoms with Gasteiger partial charge >= 0.3 is 5.69 Å². The Morgan fingerprint density at radius 2 is 1.94 bits per heavy atom. The molecular weight excluding hydrogens is 426 g/mol. The Morgan fingerprint density at radius 3 is 2.68 bits per heavy atom. The molecule has 0 bridgehead atoms. The van der Waals surface area contributed by atoms with Crippen molar-refractivity contribution < 1.29 is 4.84 Å². The molecule has 0 N–H and O–H groups in total. The molecule has 2 aromatic rings. The number of hydrogen-bond acceptors (Lipinski definition) is 5. The molecule has 0 spiro atoms. The van der Waals surface area contributed by atoms with Crippen molar-refractivity contribution >= 4 is 17.0 Å². The minimum atomic E-state index is -0.275. The van der Waals surface area contributed by atoms with Crippen LogP contribution >= 0.6 is 0 Å². The molecule has 186 valence electrons. The summed E-state index contributed by atoms with van der Waals surface area (Å²) >= 11 is 0. The van der Waals surface area contributed by atoms with Gasteiger partial charge in [-0.2, -0.15) is 0 Å². The van der Waals surface area contributed by atoms with Gasteiger partial charge in [0.2, 0.25) is 0 Å². The van der Waals surface area contributed by atoms with Crippen LogP contribution in [0.15, 0.2) is 23.3 Å². The van der Waals surface area contributed by atoms with E-state index in [-0.39, 0.29) is 22.1 Å². The monoisotopic (exact) mass is 467 g/mol. The first-order valence-corrected chi connectivity index (χ1v) is 13.0. The average molecular weight is 468 g/mol. The molecule has 0 radical (unpaired) electrons. The lowest BCUT2D eigenvalue weighted by molar-refractivity contribution is -0.0613. The summed E-state index contributed by atoms with van der Waals surface area (Å²) in [5.74, 6) is 2.04. The fourth-order valence-corrected chi connectivity index (χ4v) is 7.74. The lowest BCUT2D eigenvalue weighted by atomic mass is 9.46. The lowest BCUT2D eigenvalue weighted by Crippen LogP contribution is -2.52. The summed E-state index contributed by atoms with van der Waals surface area (Å²) in [4.78, 5) is 28.0. The van der Waals surface area contributed by atoms with E-state index in [1.807, 2.05) is 9.63 Å². The van der Waals surface area contributed by atoms with E-state index in [1.165, 1.54) is 37.7 Å². The second-order valence-electron chi connectivity index (χ2n) is 12.0. The zero-order chi connectivity index (χ0) is 24.5. The molecule has 1 aliphatic heterocycles. The molecule has 3 aliphatic rings. The van der Waals surface area contributed by atoms with Crippen molar-refractivity contribution in [1.82, 2.24) is 19.1 Å². The summed E-state index contributed by atoms with van der Waals surface area (Å²) in [5.41, 5.74) is 3.09. The minimum absolute atomic E-state index is 0.0404. The van der Waals surface area contributed by atoms with Crippen LogP contribution in [-0.4, -0.2) is 31.8 Å². The van der Waals surface area contributed by atoms with E-state index in [4.69, 9.17) is 4.84 Å². The molecule has 2 aliphatic carbocycles. The van der Waals surface area contributed by atoms with Gasteiger partial charge in [0.15, 0.2) is 11.5 Å². The first kappa shape index (κ1) is 23.6. The van der Waals surface area contributed by atoms with Gasteiger partial charge in [0, 0.05) is 13.6 Å². The van der Waals surface area contributed by atoms with Crippen molar-refractivity contribution in [3.63, 3.8) is 0 Å². The highest BCUT2D eigenvalue weighted by atomic mass is 16.7. The number of fused-ring (bicyclic) bond motifs is 1. The number of hydrogen-bond donors (Lipinski definition) is 0. The van der Waals surface area contributed by atoms with Crippen LogP contribution in [0, 0.1) is 22.7 Å². The number of anilines is 1. The van der Waals surface area contributed by atoms with Crippen molar-refractivity contribution in [1.29, 1.82) is 0 Å². The average Bonchev–Trinajstić information content (AvgIpc) is 2.98. The highest BCUT2D eigenvalue weighted by molar-refractivity contribution is 5.84. The van der Waals surface area contributed by atoms with Crippen LogP contribution < -0.4 is 10.8 Å². The number of allylic oxidation sites excluding steroid dienone is 1. The number of aryl methyl sites for hydroxylation is 2. The molecule has 2 saturated carbocycles. The van der Waals surface area contributed by atoms with Crippen LogP contribution in [0.1, 0.15) is 79.1 Å². The molecule has 5 atom stereocenters. The first-order valence-electron chi connectivity index (χ1n) is 13.0. The lowest BCUT2D eigenvalue weighted by Gasteiger charge is -2.59. The van der Waals surface area contributed by atoms with Gasteiger partial charge in [0.05, 0.1) is 12.6 Å². The molecule has 0 amide bonds. The third-order valence-corrected chi connectivity index (χ3v) is 10.4. The van der Waals surface area contributed by atoms with Crippen molar-refractivity contribution in [2.24, 2.45) is 29.7 Å². The SMILES string of the molecule is C=C1CCC[C@@H]2[C@@](C)(CC[C@@]3(C)CCn4c(=O)n(C)c5ncnc(c54)N3OC)[C@H](C)CC[C@]12C. The smallest absolute Gasteiger partial charge is 0.287 e. The van der Waals surface area contributed by atoms with Gasteiger partial charge in [-0.15, -0.1) is 0 Å². The molecule has 5 rings (SSSR count). The second-order valence-corrected chi connectivity index (χ2v) is 12.0. The first-order chi connectivity index (χ1) is 16.1. The van der Waals surface area contributed by atoms with E-state index >= 15 is 0 Å². The summed E-state index contributed by atoms with van der Waals surface area (Å²) < 4.78 is 3.44. The maximum absolute atomic E-state index is 13.0. The Balaban J connectivity index is 1.50. The summed E-state index contributed by atoms with van der Waals surface area (Å²) in [5, 5.41) is 1.97. The number of rotatable bonds is 4. The van der Waals surface area contributed by atoms with Gasteiger partial charge in [-0.3, -0.25) is 14.0 Å². The van der Waals surface area contributed by atoms with Gasteiger partial charge in [0.25, 0.3) is 0 Å². The Morgan fingerprint density at radius 1 is 1.18 bits per heavy atom. The summed E-state index contributed by atoms with van der Waals surface area (Å²) in [6.07, 6.45) is 10.8. The number of hydroxylamine groups is 1. The van der Waals surface area contributed by atoms with Gasteiger partial charge in [-0.1, -0.05) is 32.9 Å². The minimum Gasteiger partial charge on any atom is -0.287 e. The van der Waals surface area contributed by atoms with Gasteiger partial charge in [0.1, 0.15) is 11.8 Å². The van der Waals surface area contributed by atoms with Crippen LogP contribution in [-0.2, 0) is 18.4 Å². The molecule has 7 nitrogen and oxygen atoms in total. The van der Waals surface area contributed by atoms with Crippen molar-refractivity contribution in [2.75, 3.05) is 12.2 Å². The van der Waals surface area contributed by atoms with E-state index in [0.717, 1.165) is 24.8 Å². The predicted octanol–water partition coefficient (Wildman–Crippen LogP) is 5.24. The van der Waals surface area contributed by atoms with E-state index in [2.05, 4.69) is 44.2 Å². The van der Waals surface area contributed by atoms with Crippen LogP contribution in [0.5, 0.6) is 0 Å². The van der Waals surface area contributed by atoms with Gasteiger partial charge in [-0.05, 0) is 81.0 Å². The van der Waals surface area contributed by atoms with Crippen molar-refractivity contribution in [2.45, 2.75) is 91.1 Å². The molecule has 0 unspecified atom stereocenters. The Kier molecular flexibility index (Phi) is 5.51. The van der Waals surface area contributed by atoms with Gasteiger partial charge < -0.3 is 0 Å². The van der Waals surface area contributed by atoms with E-state index in [9.17, 15) is 4.79 Å². The number of aromatic nitrogens is 4. The van der Waals surface area contributed by atoms with Crippen LogP contribution in [0.4, 0.5) is 5.82 Å². The highest BCUT2D eigenvalue weighted by Crippen LogP contribution is 2.63. The number of imidazole rings is 1. The molecule has 2 fully saturated rings. The molecular formula is C27H41N5O2. The second kappa shape index (κ2) is 7.94.